The van der Waals surface area contributed by atoms with Crippen LogP contribution < -0.4 is 21.3 Å². The van der Waals surface area contributed by atoms with Gasteiger partial charge in [-0.25, -0.2) is 9.97 Å². The van der Waals surface area contributed by atoms with Crippen molar-refractivity contribution in [3.8, 4) is 22.5 Å². The average molecular weight is 983 g/mol. The van der Waals surface area contributed by atoms with Crippen molar-refractivity contribution >= 4 is 35.3 Å². The van der Waals surface area contributed by atoms with E-state index < -0.39 is 64.8 Å². The zero-order valence-electron chi connectivity index (χ0n) is 43.2. The number of nitrogens with one attached hydrogen (secondary N) is 4. The van der Waals surface area contributed by atoms with Gasteiger partial charge in [0.05, 0.1) is 6.04 Å². The summed E-state index contributed by atoms with van der Waals surface area (Å²) in [4.78, 5) is 96.5. The Morgan fingerprint density at radius 1 is 0.653 bits per heavy atom. The number of Topliss-reactive ketones (excluding diaryl/α,β-unsaturated/α-hetero) is 1. The molecule has 5 aromatic rings. The van der Waals surface area contributed by atoms with Crippen molar-refractivity contribution in [1.29, 1.82) is 0 Å². The van der Waals surface area contributed by atoms with Gasteiger partial charge in [-0.15, -0.1) is 0 Å². The quantitative estimate of drug-likeness (QED) is 0.0703. The maximum absolute atomic E-state index is 14.7. The Hall–Kier alpha value is -6.94. The topological polar surface area (TPSA) is 209 Å². The number of carbonyl (C=O) groups excluding carboxylic acids is 6. The first-order chi connectivity index (χ1) is 34.2. The molecule has 0 saturated carbocycles. The lowest BCUT2D eigenvalue weighted by Crippen LogP contribution is -2.56. The minimum absolute atomic E-state index is 0.0374. The standard InChI is InChI=1S/C56H70N8O8/c1-11-33(2)48(66)62-47(56(7,8)9)54(70)64-30-40(27-45(64)52-61-43(32-72-52)36-20-16-13-17-21-36)59-50(68)38-24-22-37(23-25-38)49(67)58-39-26-44(51-60-42(31-71-51)35-18-14-12-15-19-35)63(29-39)53(69)41(55(4,5)6)28-46(65)34(3)57-10/h12-25,31-34,39-41,44-45,47,57H,11,26-30H2,1-10H3,(H,58,67)(H,59,68)(H,62,66)/t33-,34+,39+,40+,41-,44+,45+,47-/m1/s1. The van der Waals surface area contributed by atoms with Gasteiger partial charge < -0.3 is 39.9 Å². The van der Waals surface area contributed by atoms with Gasteiger partial charge in [-0.2, -0.15) is 0 Å². The first kappa shape index (κ1) is 52.9. The zero-order valence-corrected chi connectivity index (χ0v) is 43.2. The Balaban J connectivity index is 1.07. The highest BCUT2D eigenvalue weighted by Crippen LogP contribution is 2.40. The summed E-state index contributed by atoms with van der Waals surface area (Å²) in [5.41, 5.74) is 2.32. The molecule has 4 heterocycles. The molecule has 3 aromatic carbocycles. The molecule has 0 unspecified atom stereocenters. The monoisotopic (exact) mass is 983 g/mol. The number of rotatable bonds is 17. The number of oxazole rings is 2. The maximum Gasteiger partial charge on any atom is 0.251 e. The van der Waals surface area contributed by atoms with Crippen LogP contribution in [-0.2, 0) is 19.2 Å². The lowest BCUT2D eigenvalue weighted by Gasteiger charge is -2.35. The smallest absolute Gasteiger partial charge is 0.251 e. The summed E-state index contributed by atoms with van der Waals surface area (Å²) >= 11 is 0. The number of aromatic nitrogens is 2. The molecule has 2 fully saturated rings. The first-order valence-electron chi connectivity index (χ1n) is 25.0. The fraction of sp³-hybridized carbons (Fsp3) is 0.464. The lowest BCUT2D eigenvalue weighted by molar-refractivity contribution is -0.143. The molecular formula is C56H70N8O8. The number of nitrogens with zero attached hydrogens (tertiary/aromatic N) is 4. The SMILES string of the molecule is CC[C@@H](C)C(=O)N[C@H](C(=O)N1C[C@@H](NC(=O)c2ccc(C(=O)N[C@H]3C[C@@H](c4nc(-c5ccccc5)co4)N(C(=O)[C@@H](CC(=O)[C@H](C)NC)C(C)(C)C)C3)cc2)C[C@H]1c1nc(-c2ccccc2)co1)C(C)(C)C. The van der Waals surface area contributed by atoms with Crippen molar-refractivity contribution in [2.45, 2.75) is 124 Å². The second-order valence-electron chi connectivity index (χ2n) is 21.5. The number of hydrogen-bond acceptors (Lipinski definition) is 11. The summed E-state index contributed by atoms with van der Waals surface area (Å²) in [6, 6.07) is 21.8. The Bertz CT molecular complexity index is 2520. The summed E-state index contributed by atoms with van der Waals surface area (Å²) in [7, 11) is 1.71. The van der Waals surface area contributed by atoms with Crippen molar-refractivity contribution in [3.63, 3.8) is 0 Å². The molecule has 5 amide bonds. The fourth-order valence-electron chi connectivity index (χ4n) is 9.30. The zero-order chi connectivity index (χ0) is 52.1. The number of hydrogen-bond donors (Lipinski definition) is 4. The van der Waals surface area contributed by atoms with E-state index in [-0.39, 0.29) is 48.9 Å². The van der Waals surface area contributed by atoms with E-state index in [9.17, 15) is 28.8 Å². The van der Waals surface area contributed by atoms with Crippen molar-refractivity contribution in [2.75, 3.05) is 20.1 Å². The highest BCUT2D eigenvalue weighted by Gasteiger charge is 2.47. The third-order valence-corrected chi connectivity index (χ3v) is 14.1. The minimum atomic E-state index is -0.866. The molecule has 2 aromatic heterocycles. The number of likely N-dealkylation sites (tertiary alicyclic amines) is 2. The van der Waals surface area contributed by atoms with Gasteiger partial charge in [0.1, 0.15) is 47.8 Å². The molecule has 7 rings (SSSR count). The summed E-state index contributed by atoms with van der Waals surface area (Å²) in [5, 5.41) is 12.2. The van der Waals surface area contributed by atoms with Crippen LogP contribution >= 0.6 is 0 Å². The van der Waals surface area contributed by atoms with Gasteiger partial charge in [-0.1, -0.05) is 116 Å². The fourth-order valence-corrected chi connectivity index (χ4v) is 9.30. The molecule has 2 saturated heterocycles. The largest absolute Gasteiger partial charge is 0.446 e. The Kier molecular flexibility index (Phi) is 16.3. The number of ketones is 1. The molecule has 2 aliphatic heterocycles. The summed E-state index contributed by atoms with van der Waals surface area (Å²) in [5.74, 6) is -1.93. The van der Waals surface area contributed by atoms with E-state index in [4.69, 9.17) is 18.8 Å². The molecule has 382 valence electrons. The molecule has 8 atom stereocenters. The van der Waals surface area contributed by atoms with Crippen molar-refractivity contribution in [2.24, 2.45) is 22.7 Å². The minimum Gasteiger partial charge on any atom is -0.446 e. The Labute approximate surface area is 422 Å². The van der Waals surface area contributed by atoms with E-state index in [1.54, 1.807) is 60.6 Å². The van der Waals surface area contributed by atoms with E-state index in [0.29, 0.717) is 53.6 Å². The van der Waals surface area contributed by atoms with E-state index >= 15 is 0 Å². The van der Waals surface area contributed by atoms with Crippen LogP contribution in [0.4, 0.5) is 0 Å². The molecule has 16 nitrogen and oxygen atoms in total. The van der Waals surface area contributed by atoms with Gasteiger partial charge in [0, 0.05) is 65.7 Å². The van der Waals surface area contributed by atoms with Crippen molar-refractivity contribution in [3.05, 3.63) is 120 Å². The van der Waals surface area contributed by atoms with E-state index in [2.05, 4.69) is 21.3 Å². The molecule has 2 aliphatic rings. The van der Waals surface area contributed by atoms with Crippen LogP contribution in [0.2, 0.25) is 0 Å². The van der Waals surface area contributed by atoms with Crippen LogP contribution in [0.15, 0.2) is 106 Å². The third-order valence-electron chi connectivity index (χ3n) is 14.1. The van der Waals surface area contributed by atoms with Gasteiger partial charge in [-0.05, 0) is 68.3 Å². The second kappa shape index (κ2) is 22.2. The van der Waals surface area contributed by atoms with Crippen LogP contribution in [0.5, 0.6) is 0 Å². The molecule has 0 spiro atoms. The van der Waals surface area contributed by atoms with Crippen LogP contribution in [0.3, 0.4) is 0 Å². The summed E-state index contributed by atoms with van der Waals surface area (Å²) in [6.45, 7) is 17.4. The highest BCUT2D eigenvalue weighted by molar-refractivity contribution is 5.98. The first-order valence-corrected chi connectivity index (χ1v) is 25.0. The molecule has 4 N–H and O–H groups in total. The predicted octanol–water partition coefficient (Wildman–Crippen LogP) is 7.95. The van der Waals surface area contributed by atoms with Gasteiger partial charge in [0.25, 0.3) is 11.8 Å². The Morgan fingerprint density at radius 3 is 1.50 bits per heavy atom. The van der Waals surface area contributed by atoms with E-state index in [1.807, 2.05) is 116 Å². The third kappa shape index (κ3) is 12.2. The van der Waals surface area contributed by atoms with Crippen LogP contribution in [-0.4, -0.2) is 99.4 Å². The maximum atomic E-state index is 14.7. The lowest BCUT2D eigenvalue weighted by atomic mass is 9.76. The van der Waals surface area contributed by atoms with Gasteiger partial charge >= 0.3 is 0 Å². The second-order valence-corrected chi connectivity index (χ2v) is 21.5. The summed E-state index contributed by atoms with van der Waals surface area (Å²) < 4.78 is 12.1. The van der Waals surface area contributed by atoms with Crippen molar-refractivity contribution < 1.29 is 37.6 Å². The molecule has 16 heteroatoms. The van der Waals surface area contributed by atoms with Crippen LogP contribution in [0.1, 0.15) is 133 Å². The molecule has 0 radical (unpaired) electrons. The average Bonchev–Trinajstić information content (AvgIpc) is 4.21. The van der Waals surface area contributed by atoms with Crippen LogP contribution in [0, 0.1) is 22.7 Å². The number of carbonyl (C=O) groups is 6. The van der Waals surface area contributed by atoms with Gasteiger partial charge in [0.2, 0.25) is 29.5 Å². The molecule has 0 aliphatic carbocycles. The van der Waals surface area contributed by atoms with Gasteiger partial charge in [-0.3, -0.25) is 28.8 Å². The highest BCUT2D eigenvalue weighted by atomic mass is 16.3. The Morgan fingerprint density at radius 2 is 1.10 bits per heavy atom. The predicted molar refractivity (Wildman–Crippen MR) is 273 cm³/mol. The molecular weight excluding hydrogens is 913 g/mol. The van der Waals surface area contributed by atoms with Gasteiger partial charge in [0.15, 0.2) is 0 Å². The van der Waals surface area contributed by atoms with E-state index in [0.717, 1.165) is 11.1 Å². The number of likely N-dealkylation sites (N-methyl/N-ethyl adjacent to an activating group) is 1. The summed E-state index contributed by atoms with van der Waals surface area (Å²) in [6.07, 6.45) is 4.39. The van der Waals surface area contributed by atoms with Crippen molar-refractivity contribution in [1.82, 2.24) is 41.0 Å². The van der Waals surface area contributed by atoms with E-state index in [1.165, 1.54) is 0 Å². The van der Waals surface area contributed by atoms with Crippen LogP contribution in [0.25, 0.3) is 22.5 Å². The normalized spacial score (nSPS) is 19.8. The molecule has 72 heavy (non-hydrogen) atoms. The number of benzene rings is 3. The molecule has 0 bridgehead atoms. The number of amides is 5.